The number of hydrogen-bond donors (Lipinski definition) is 1. The molecule has 2 unspecified atom stereocenters. The second kappa shape index (κ2) is 7.24. The van der Waals surface area contributed by atoms with Crippen molar-refractivity contribution in [2.45, 2.75) is 59.0 Å². The van der Waals surface area contributed by atoms with Crippen LogP contribution >= 0.6 is 0 Å². The van der Waals surface area contributed by atoms with Crippen molar-refractivity contribution in [2.24, 2.45) is 0 Å². The van der Waals surface area contributed by atoms with Crippen LogP contribution in [0, 0.1) is 13.8 Å². The van der Waals surface area contributed by atoms with E-state index in [-0.39, 0.29) is 0 Å². The summed E-state index contributed by atoms with van der Waals surface area (Å²) in [5.74, 6) is 0. The van der Waals surface area contributed by atoms with E-state index in [9.17, 15) is 0 Å². The summed E-state index contributed by atoms with van der Waals surface area (Å²) in [6.45, 7) is 12.4. The zero-order valence-electron chi connectivity index (χ0n) is 13.6. The van der Waals surface area contributed by atoms with Crippen molar-refractivity contribution >= 4 is 0 Å². The summed E-state index contributed by atoms with van der Waals surface area (Å²) in [5, 5.41) is 3.68. The summed E-state index contributed by atoms with van der Waals surface area (Å²) in [6, 6.07) is 8.18. The molecule has 1 aromatic carbocycles. The Morgan fingerprint density at radius 3 is 2.70 bits per heavy atom. The molecule has 1 N–H and O–H groups in total. The number of aryl methyl sites for hydroxylation is 2. The predicted octanol–water partition coefficient (Wildman–Crippen LogP) is 3.83. The van der Waals surface area contributed by atoms with Crippen LogP contribution in [0.15, 0.2) is 18.2 Å². The highest BCUT2D eigenvalue weighted by Crippen LogP contribution is 2.24. The van der Waals surface area contributed by atoms with Gasteiger partial charge in [0.05, 0.1) is 0 Å². The van der Waals surface area contributed by atoms with Crippen molar-refractivity contribution in [3.63, 3.8) is 0 Å². The van der Waals surface area contributed by atoms with Crippen molar-refractivity contribution in [1.29, 1.82) is 0 Å². The van der Waals surface area contributed by atoms with E-state index < -0.39 is 0 Å². The first kappa shape index (κ1) is 15.5. The van der Waals surface area contributed by atoms with E-state index in [2.05, 4.69) is 56.1 Å². The van der Waals surface area contributed by atoms with Crippen LogP contribution in [0.4, 0.5) is 0 Å². The quantitative estimate of drug-likeness (QED) is 0.848. The molecule has 0 radical (unpaired) electrons. The van der Waals surface area contributed by atoms with Crippen LogP contribution in [0.2, 0.25) is 0 Å². The first-order valence-corrected chi connectivity index (χ1v) is 8.20. The van der Waals surface area contributed by atoms with Gasteiger partial charge in [0.2, 0.25) is 0 Å². The summed E-state index contributed by atoms with van der Waals surface area (Å²) >= 11 is 0. The van der Waals surface area contributed by atoms with Gasteiger partial charge in [0.15, 0.2) is 0 Å². The Kier molecular flexibility index (Phi) is 5.62. The molecule has 0 aliphatic carbocycles. The van der Waals surface area contributed by atoms with E-state index >= 15 is 0 Å². The van der Waals surface area contributed by atoms with Crippen molar-refractivity contribution in [3.8, 4) is 0 Å². The second-order valence-corrected chi connectivity index (χ2v) is 6.15. The molecule has 2 heteroatoms. The van der Waals surface area contributed by atoms with Crippen LogP contribution < -0.4 is 5.32 Å². The molecule has 0 saturated carbocycles. The van der Waals surface area contributed by atoms with Gasteiger partial charge in [-0.25, -0.2) is 0 Å². The largest absolute Gasteiger partial charge is 0.309 e. The first-order valence-electron chi connectivity index (χ1n) is 8.20. The number of nitrogens with one attached hydrogen (secondary N) is 1. The van der Waals surface area contributed by atoms with Crippen molar-refractivity contribution in [3.05, 3.63) is 34.9 Å². The molecular weight excluding hydrogens is 244 g/mol. The van der Waals surface area contributed by atoms with Crippen molar-refractivity contribution < 1.29 is 0 Å². The zero-order valence-corrected chi connectivity index (χ0v) is 13.6. The van der Waals surface area contributed by atoms with Gasteiger partial charge in [0.1, 0.15) is 0 Å². The highest BCUT2D eigenvalue weighted by Gasteiger charge is 2.25. The standard InChI is InChI=1S/C18H30N2/c1-5-17-8-7-11-20(17)13-18(19-6-2)16-10-9-14(3)15(4)12-16/h9-10,12,17-19H,5-8,11,13H2,1-4H3. The van der Waals surface area contributed by atoms with Crippen LogP contribution in [-0.2, 0) is 0 Å². The third-order valence-electron chi connectivity index (χ3n) is 4.77. The summed E-state index contributed by atoms with van der Waals surface area (Å²) in [6.07, 6.45) is 4.03. The smallest absolute Gasteiger partial charge is 0.0449 e. The molecule has 1 aliphatic rings. The fraction of sp³-hybridized carbons (Fsp3) is 0.667. The minimum Gasteiger partial charge on any atom is -0.309 e. The SMILES string of the molecule is CCNC(CN1CCCC1CC)c1ccc(C)c(C)c1. The molecule has 1 aliphatic heterocycles. The fourth-order valence-electron chi connectivity index (χ4n) is 3.35. The van der Waals surface area contributed by atoms with Crippen molar-refractivity contribution in [2.75, 3.05) is 19.6 Å². The predicted molar refractivity (Wildman–Crippen MR) is 87.2 cm³/mol. The Morgan fingerprint density at radius 1 is 1.25 bits per heavy atom. The van der Waals surface area contributed by atoms with Gasteiger partial charge < -0.3 is 5.32 Å². The normalized spacial score (nSPS) is 21.3. The lowest BCUT2D eigenvalue weighted by Gasteiger charge is -2.29. The average Bonchev–Trinajstić information content (AvgIpc) is 2.88. The number of hydrogen-bond acceptors (Lipinski definition) is 2. The molecular formula is C18H30N2. The Labute approximate surface area is 124 Å². The molecule has 2 rings (SSSR count). The molecule has 0 aromatic heterocycles. The monoisotopic (exact) mass is 274 g/mol. The number of likely N-dealkylation sites (N-methyl/N-ethyl adjacent to an activating group) is 1. The highest BCUT2D eigenvalue weighted by molar-refractivity contribution is 5.32. The van der Waals surface area contributed by atoms with Gasteiger partial charge >= 0.3 is 0 Å². The Bertz CT molecular complexity index is 427. The Hall–Kier alpha value is -0.860. The molecule has 2 atom stereocenters. The molecule has 1 heterocycles. The first-order chi connectivity index (χ1) is 9.65. The van der Waals surface area contributed by atoms with E-state index in [1.807, 2.05) is 0 Å². The maximum absolute atomic E-state index is 3.68. The fourth-order valence-corrected chi connectivity index (χ4v) is 3.35. The molecule has 2 nitrogen and oxygen atoms in total. The van der Waals surface area contributed by atoms with Crippen LogP contribution in [0.1, 0.15) is 55.8 Å². The topological polar surface area (TPSA) is 15.3 Å². The molecule has 112 valence electrons. The molecule has 0 amide bonds. The van der Waals surface area contributed by atoms with Crippen LogP contribution in [-0.4, -0.2) is 30.6 Å². The molecule has 20 heavy (non-hydrogen) atoms. The third-order valence-corrected chi connectivity index (χ3v) is 4.77. The lowest BCUT2D eigenvalue weighted by molar-refractivity contribution is 0.221. The third kappa shape index (κ3) is 3.62. The van der Waals surface area contributed by atoms with Gasteiger partial charge in [-0.1, -0.05) is 32.0 Å². The Balaban J connectivity index is 2.11. The number of nitrogens with zero attached hydrogens (tertiary/aromatic N) is 1. The van der Waals surface area contributed by atoms with E-state index in [4.69, 9.17) is 0 Å². The summed E-state index contributed by atoms with van der Waals surface area (Å²) in [7, 11) is 0. The lowest BCUT2D eigenvalue weighted by Crippen LogP contribution is -2.37. The van der Waals surface area contributed by atoms with E-state index in [0.29, 0.717) is 6.04 Å². The number of rotatable bonds is 6. The van der Waals surface area contributed by atoms with Gasteiger partial charge in [-0.15, -0.1) is 0 Å². The molecule has 1 fully saturated rings. The zero-order chi connectivity index (χ0) is 14.5. The summed E-state index contributed by atoms with van der Waals surface area (Å²) in [4.78, 5) is 2.68. The van der Waals surface area contributed by atoms with E-state index in [1.54, 1.807) is 0 Å². The summed E-state index contributed by atoms with van der Waals surface area (Å²) < 4.78 is 0. The van der Waals surface area contributed by atoms with Crippen LogP contribution in [0.5, 0.6) is 0 Å². The maximum atomic E-state index is 3.68. The van der Waals surface area contributed by atoms with E-state index in [1.165, 1.54) is 42.5 Å². The minimum atomic E-state index is 0.464. The van der Waals surface area contributed by atoms with Crippen molar-refractivity contribution in [1.82, 2.24) is 10.2 Å². The highest BCUT2D eigenvalue weighted by atomic mass is 15.2. The molecule has 0 spiro atoms. The van der Waals surface area contributed by atoms with Crippen LogP contribution in [0.25, 0.3) is 0 Å². The second-order valence-electron chi connectivity index (χ2n) is 6.15. The van der Waals surface area contributed by atoms with E-state index in [0.717, 1.165) is 19.1 Å². The Morgan fingerprint density at radius 2 is 2.05 bits per heavy atom. The molecule has 1 aromatic rings. The van der Waals surface area contributed by atoms with Gasteiger partial charge in [0.25, 0.3) is 0 Å². The molecule has 0 bridgehead atoms. The average molecular weight is 274 g/mol. The van der Waals surface area contributed by atoms with Gasteiger partial charge in [-0.2, -0.15) is 0 Å². The molecule has 1 saturated heterocycles. The summed E-state index contributed by atoms with van der Waals surface area (Å²) in [5.41, 5.74) is 4.23. The number of likely N-dealkylation sites (tertiary alicyclic amines) is 1. The van der Waals surface area contributed by atoms with Gasteiger partial charge in [0, 0.05) is 18.6 Å². The van der Waals surface area contributed by atoms with Crippen LogP contribution in [0.3, 0.4) is 0 Å². The maximum Gasteiger partial charge on any atom is 0.0449 e. The number of benzene rings is 1. The lowest BCUT2D eigenvalue weighted by atomic mass is 10.00. The minimum absolute atomic E-state index is 0.464. The van der Waals surface area contributed by atoms with Gasteiger partial charge in [-0.05, 0) is 62.9 Å². The van der Waals surface area contributed by atoms with Gasteiger partial charge in [-0.3, -0.25) is 4.90 Å².